The van der Waals surface area contributed by atoms with Gasteiger partial charge in [0.05, 0.1) is 12.7 Å². The molecule has 0 atom stereocenters. The lowest BCUT2D eigenvalue weighted by Crippen LogP contribution is -2.05. The van der Waals surface area contributed by atoms with Gasteiger partial charge >= 0.3 is 6.18 Å². The average molecular weight is 419 g/mol. The summed E-state index contributed by atoms with van der Waals surface area (Å²) in [6, 6.07) is 15.7. The summed E-state index contributed by atoms with van der Waals surface area (Å²) in [5.41, 5.74) is 1.83. The Bertz CT molecular complexity index is 1170. The molecule has 0 amide bonds. The van der Waals surface area contributed by atoms with Gasteiger partial charge in [-0.3, -0.25) is 4.40 Å². The zero-order valence-electron chi connectivity index (χ0n) is 15.0. The van der Waals surface area contributed by atoms with Gasteiger partial charge in [0.15, 0.2) is 5.65 Å². The Labute approximate surface area is 168 Å². The first-order chi connectivity index (χ1) is 13.9. The predicted octanol–water partition coefficient (Wildman–Crippen LogP) is 5.82. The maximum atomic E-state index is 12.7. The van der Waals surface area contributed by atoms with Crippen molar-refractivity contribution in [2.45, 2.75) is 6.18 Å². The number of ether oxygens (including phenoxy) is 1. The number of alkyl halides is 3. The highest BCUT2D eigenvalue weighted by Crippen LogP contribution is 2.34. The molecule has 4 aromatic rings. The monoisotopic (exact) mass is 418 g/mol. The normalized spacial score (nSPS) is 11.6. The van der Waals surface area contributed by atoms with Crippen molar-refractivity contribution in [3.8, 4) is 16.9 Å². The number of benzene rings is 2. The Morgan fingerprint density at radius 1 is 1.00 bits per heavy atom. The fraction of sp³-hybridized carbons (Fsp3) is 0.100. The molecule has 1 N–H and O–H groups in total. The van der Waals surface area contributed by atoms with Crippen LogP contribution in [0, 0.1) is 0 Å². The minimum Gasteiger partial charge on any atom is -0.496 e. The topological polar surface area (TPSA) is 51.5 Å². The van der Waals surface area contributed by atoms with E-state index in [4.69, 9.17) is 16.3 Å². The van der Waals surface area contributed by atoms with Crippen LogP contribution in [-0.2, 0) is 6.18 Å². The molecule has 2 aromatic carbocycles. The third-order valence-corrected chi connectivity index (χ3v) is 4.63. The molecule has 0 aliphatic carbocycles. The first-order valence-corrected chi connectivity index (χ1v) is 8.87. The minimum atomic E-state index is -4.39. The van der Waals surface area contributed by atoms with Gasteiger partial charge in [-0.15, -0.1) is 10.2 Å². The zero-order valence-corrected chi connectivity index (χ0v) is 15.8. The predicted molar refractivity (Wildman–Crippen MR) is 105 cm³/mol. The Balaban J connectivity index is 1.69. The maximum absolute atomic E-state index is 12.7. The van der Waals surface area contributed by atoms with Crippen molar-refractivity contribution >= 4 is 28.9 Å². The molecule has 0 bridgehead atoms. The van der Waals surface area contributed by atoms with Crippen LogP contribution < -0.4 is 10.1 Å². The highest BCUT2D eigenvalue weighted by Gasteiger charge is 2.30. The van der Waals surface area contributed by atoms with Crippen LogP contribution >= 0.6 is 11.6 Å². The number of pyridine rings is 1. The molecule has 0 radical (unpaired) electrons. The van der Waals surface area contributed by atoms with E-state index in [0.717, 1.165) is 23.3 Å². The van der Waals surface area contributed by atoms with Gasteiger partial charge in [-0.05, 0) is 48.0 Å². The molecular formula is C20H14ClF3N4O. The van der Waals surface area contributed by atoms with Crippen molar-refractivity contribution in [2.75, 3.05) is 12.4 Å². The standard InChI is InChI=1S/C20H14ClF3N4O/c1-29-16-5-3-2-4-15(16)12-10-17(21)28-18(11-12)26-27-19(28)25-14-8-6-13(7-9-14)20(22,23)24/h2-11H,1H3,(H,25,27). The summed E-state index contributed by atoms with van der Waals surface area (Å²) in [4.78, 5) is 0. The molecule has 0 saturated carbocycles. The van der Waals surface area contributed by atoms with Gasteiger partial charge in [0.25, 0.3) is 0 Å². The maximum Gasteiger partial charge on any atom is 0.416 e. The third-order valence-electron chi connectivity index (χ3n) is 4.35. The number of nitrogens with one attached hydrogen (secondary N) is 1. The molecule has 0 aliphatic rings. The van der Waals surface area contributed by atoms with Crippen LogP contribution in [0.15, 0.2) is 60.7 Å². The highest BCUT2D eigenvalue weighted by molar-refractivity contribution is 6.30. The van der Waals surface area contributed by atoms with Crippen LogP contribution in [-0.4, -0.2) is 21.7 Å². The van der Waals surface area contributed by atoms with Gasteiger partial charge in [0.1, 0.15) is 10.9 Å². The Hall–Kier alpha value is -3.26. The molecule has 4 rings (SSSR count). The Morgan fingerprint density at radius 2 is 1.72 bits per heavy atom. The molecule has 5 nitrogen and oxygen atoms in total. The number of nitrogens with zero attached hydrogens (tertiary/aromatic N) is 3. The molecule has 9 heteroatoms. The second-order valence-electron chi connectivity index (χ2n) is 6.18. The fourth-order valence-corrected chi connectivity index (χ4v) is 3.25. The van der Waals surface area contributed by atoms with E-state index in [1.807, 2.05) is 24.3 Å². The second kappa shape index (κ2) is 7.29. The van der Waals surface area contributed by atoms with E-state index in [2.05, 4.69) is 15.5 Å². The third kappa shape index (κ3) is 3.71. The van der Waals surface area contributed by atoms with Crippen molar-refractivity contribution in [3.63, 3.8) is 0 Å². The molecule has 0 fully saturated rings. The number of aromatic nitrogens is 3. The number of fused-ring (bicyclic) bond motifs is 1. The SMILES string of the molecule is COc1ccccc1-c1cc(Cl)n2c(Nc3ccc(C(F)(F)F)cc3)nnc2c1. The van der Waals surface area contributed by atoms with E-state index in [-0.39, 0.29) is 5.95 Å². The number of para-hydroxylation sites is 1. The average Bonchev–Trinajstić information content (AvgIpc) is 3.11. The smallest absolute Gasteiger partial charge is 0.416 e. The van der Waals surface area contributed by atoms with E-state index in [0.29, 0.717) is 22.2 Å². The summed E-state index contributed by atoms with van der Waals surface area (Å²) >= 11 is 6.46. The lowest BCUT2D eigenvalue weighted by atomic mass is 10.1. The molecule has 29 heavy (non-hydrogen) atoms. The van der Waals surface area contributed by atoms with Crippen molar-refractivity contribution in [1.82, 2.24) is 14.6 Å². The molecule has 2 heterocycles. The van der Waals surface area contributed by atoms with Gasteiger partial charge in [-0.25, -0.2) is 0 Å². The molecule has 0 aliphatic heterocycles. The van der Waals surface area contributed by atoms with Crippen LogP contribution in [0.25, 0.3) is 16.8 Å². The Kier molecular flexibility index (Phi) is 4.79. The fourth-order valence-electron chi connectivity index (χ4n) is 2.97. The van der Waals surface area contributed by atoms with Gasteiger partial charge in [0.2, 0.25) is 5.95 Å². The summed E-state index contributed by atoms with van der Waals surface area (Å²) < 4.78 is 45.1. The van der Waals surface area contributed by atoms with Crippen LogP contribution in [0.5, 0.6) is 5.75 Å². The minimum absolute atomic E-state index is 0.288. The molecular weight excluding hydrogens is 405 g/mol. The van der Waals surface area contributed by atoms with Crippen LogP contribution in [0.4, 0.5) is 24.8 Å². The molecule has 0 saturated heterocycles. The second-order valence-corrected chi connectivity index (χ2v) is 6.57. The number of halogens is 4. The zero-order chi connectivity index (χ0) is 20.6. The Morgan fingerprint density at radius 3 is 2.41 bits per heavy atom. The number of rotatable bonds is 4. The molecule has 2 aromatic heterocycles. The summed E-state index contributed by atoms with van der Waals surface area (Å²) in [6.07, 6.45) is -4.39. The highest BCUT2D eigenvalue weighted by atomic mass is 35.5. The number of hydrogen-bond acceptors (Lipinski definition) is 4. The quantitative estimate of drug-likeness (QED) is 0.424. The van der Waals surface area contributed by atoms with Gasteiger partial charge in [-0.1, -0.05) is 29.8 Å². The van der Waals surface area contributed by atoms with Gasteiger partial charge < -0.3 is 10.1 Å². The van der Waals surface area contributed by atoms with E-state index in [1.54, 1.807) is 23.6 Å². The van der Waals surface area contributed by atoms with Crippen molar-refractivity contribution in [2.24, 2.45) is 0 Å². The number of hydrogen-bond donors (Lipinski definition) is 1. The lowest BCUT2D eigenvalue weighted by molar-refractivity contribution is -0.137. The number of methoxy groups -OCH3 is 1. The van der Waals surface area contributed by atoms with Crippen LogP contribution in [0.2, 0.25) is 5.15 Å². The summed E-state index contributed by atoms with van der Waals surface area (Å²) in [7, 11) is 1.59. The van der Waals surface area contributed by atoms with Crippen molar-refractivity contribution < 1.29 is 17.9 Å². The van der Waals surface area contributed by atoms with E-state index in [9.17, 15) is 13.2 Å². The van der Waals surface area contributed by atoms with Crippen molar-refractivity contribution in [1.29, 1.82) is 0 Å². The van der Waals surface area contributed by atoms with E-state index >= 15 is 0 Å². The van der Waals surface area contributed by atoms with Gasteiger partial charge in [-0.2, -0.15) is 13.2 Å². The summed E-state index contributed by atoms with van der Waals surface area (Å²) in [5, 5.41) is 11.5. The summed E-state index contributed by atoms with van der Waals surface area (Å²) in [5.74, 6) is 0.979. The molecule has 0 spiro atoms. The lowest BCUT2D eigenvalue weighted by Gasteiger charge is -2.11. The van der Waals surface area contributed by atoms with E-state index in [1.165, 1.54) is 12.1 Å². The first-order valence-electron chi connectivity index (χ1n) is 8.49. The largest absolute Gasteiger partial charge is 0.496 e. The summed E-state index contributed by atoms with van der Waals surface area (Å²) in [6.45, 7) is 0. The van der Waals surface area contributed by atoms with Gasteiger partial charge in [0, 0.05) is 11.3 Å². The van der Waals surface area contributed by atoms with Crippen LogP contribution in [0.1, 0.15) is 5.56 Å². The van der Waals surface area contributed by atoms with E-state index < -0.39 is 11.7 Å². The van der Waals surface area contributed by atoms with Crippen LogP contribution in [0.3, 0.4) is 0 Å². The molecule has 0 unspecified atom stereocenters. The number of anilines is 2. The first kappa shape index (κ1) is 19.1. The molecule has 148 valence electrons. The van der Waals surface area contributed by atoms with Crippen molar-refractivity contribution in [3.05, 3.63) is 71.4 Å².